The van der Waals surface area contributed by atoms with Crippen LogP contribution < -0.4 is 0 Å². The van der Waals surface area contributed by atoms with Gasteiger partial charge in [0.1, 0.15) is 13.2 Å². The van der Waals surface area contributed by atoms with Gasteiger partial charge in [0.25, 0.3) is 0 Å². The maximum absolute atomic E-state index is 12.9. The minimum atomic E-state index is -0.794. The van der Waals surface area contributed by atoms with Crippen LogP contribution >= 0.6 is 0 Å². The lowest BCUT2D eigenvalue weighted by atomic mass is 10.0. The van der Waals surface area contributed by atoms with Crippen LogP contribution in [0.25, 0.3) is 0 Å². The summed E-state index contributed by atoms with van der Waals surface area (Å²) in [6.45, 7) is 6.42. The van der Waals surface area contributed by atoms with Crippen LogP contribution in [0.1, 0.15) is 323 Å². The van der Waals surface area contributed by atoms with Crippen molar-refractivity contribution in [2.24, 2.45) is 0 Å². The molecule has 0 saturated carbocycles. The summed E-state index contributed by atoms with van der Waals surface area (Å²) < 4.78 is 16.9. The number of rotatable bonds is 60. The van der Waals surface area contributed by atoms with E-state index in [0.29, 0.717) is 19.3 Å². The Morgan fingerprint density at radius 3 is 0.808 bits per heavy atom. The van der Waals surface area contributed by atoms with Crippen molar-refractivity contribution < 1.29 is 28.6 Å². The minimum absolute atomic E-state index is 0.0878. The zero-order valence-electron chi connectivity index (χ0n) is 51.4. The van der Waals surface area contributed by atoms with E-state index < -0.39 is 6.10 Å². The predicted octanol–water partition coefficient (Wildman–Crippen LogP) is 22.8. The van der Waals surface area contributed by atoms with Crippen molar-refractivity contribution >= 4 is 17.9 Å². The van der Waals surface area contributed by atoms with Gasteiger partial charge in [0, 0.05) is 19.3 Å². The van der Waals surface area contributed by atoms with Gasteiger partial charge >= 0.3 is 17.9 Å². The van der Waals surface area contributed by atoms with Gasteiger partial charge in [0.05, 0.1) is 0 Å². The molecule has 1 unspecified atom stereocenters. The number of ether oxygens (including phenoxy) is 3. The summed E-state index contributed by atoms with van der Waals surface area (Å²) in [5.41, 5.74) is 0. The third-order valence-electron chi connectivity index (χ3n) is 14.3. The zero-order valence-corrected chi connectivity index (χ0v) is 51.4. The summed E-state index contributed by atoms with van der Waals surface area (Å²) in [6, 6.07) is 0. The van der Waals surface area contributed by atoms with E-state index in [9.17, 15) is 14.4 Å². The number of allylic oxidation sites excluding steroid dienone is 16. The first-order chi connectivity index (χ1) is 38.5. The van der Waals surface area contributed by atoms with Crippen LogP contribution in [0.15, 0.2) is 97.2 Å². The molecule has 6 heteroatoms. The van der Waals surface area contributed by atoms with Gasteiger partial charge in [-0.05, 0) is 96.3 Å². The molecule has 0 spiro atoms. The van der Waals surface area contributed by atoms with Gasteiger partial charge in [-0.3, -0.25) is 14.4 Å². The second-order valence-electron chi connectivity index (χ2n) is 22.0. The Kier molecular flexibility index (Phi) is 62.7. The van der Waals surface area contributed by atoms with Gasteiger partial charge in [-0.2, -0.15) is 0 Å². The molecule has 448 valence electrons. The van der Waals surface area contributed by atoms with Gasteiger partial charge < -0.3 is 14.2 Å². The number of unbranched alkanes of at least 4 members (excludes halogenated alkanes) is 33. The lowest BCUT2D eigenvalue weighted by molar-refractivity contribution is -0.167. The number of carbonyl (C=O) groups excluding carboxylic acids is 3. The Balaban J connectivity index is 4.31. The normalized spacial score (nSPS) is 12.7. The van der Waals surface area contributed by atoms with Crippen LogP contribution in [0.5, 0.6) is 0 Å². The molecule has 0 bridgehead atoms. The van der Waals surface area contributed by atoms with E-state index in [-0.39, 0.29) is 31.1 Å². The molecule has 0 aliphatic rings. The Morgan fingerprint density at radius 1 is 0.269 bits per heavy atom. The van der Waals surface area contributed by atoms with Crippen molar-refractivity contribution in [3.8, 4) is 0 Å². The number of hydrogen-bond acceptors (Lipinski definition) is 6. The van der Waals surface area contributed by atoms with Gasteiger partial charge in [-0.1, -0.05) is 304 Å². The van der Waals surface area contributed by atoms with E-state index in [2.05, 4.69) is 118 Å². The molecule has 0 aromatic rings. The fraction of sp³-hybridized carbons (Fsp3) is 0.736. The maximum atomic E-state index is 12.9. The highest BCUT2D eigenvalue weighted by atomic mass is 16.6. The molecule has 0 fully saturated rings. The Bertz CT molecular complexity index is 1530. The molecule has 0 aromatic carbocycles. The van der Waals surface area contributed by atoms with Crippen LogP contribution in [-0.4, -0.2) is 37.2 Å². The molecule has 0 saturated heterocycles. The first kappa shape index (κ1) is 74.3. The predicted molar refractivity (Wildman–Crippen MR) is 339 cm³/mol. The first-order valence-electron chi connectivity index (χ1n) is 33.2. The summed E-state index contributed by atoms with van der Waals surface area (Å²) in [7, 11) is 0. The summed E-state index contributed by atoms with van der Waals surface area (Å²) in [5, 5.41) is 0. The zero-order chi connectivity index (χ0) is 56.4. The largest absolute Gasteiger partial charge is 0.462 e. The maximum Gasteiger partial charge on any atom is 0.306 e. The smallest absolute Gasteiger partial charge is 0.306 e. The van der Waals surface area contributed by atoms with Crippen LogP contribution in [0.2, 0.25) is 0 Å². The molecular weight excluding hydrogens is 961 g/mol. The molecule has 0 radical (unpaired) electrons. The molecule has 6 nitrogen and oxygen atoms in total. The Labute approximate surface area is 483 Å². The highest BCUT2D eigenvalue weighted by molar-refractivity contribution is 5.71. The number of hydrogen-bond donors (Lipinski definition) is 0. The lowest BCUT2D eigenvalue weighted by Crippen LogP contribution is -2.30. The number of esters is 3. The van der Waals surface area contributed by atoms with Gasteiger partial charge in [-0.15, -0.1) is 0 Å². The molecule has 0 amide bonds. The van der Waals surface area contributed by atoms with E-state index in [0.717, 1.165) is 109 Å². The number of carbonyl (C=O) groups is 3. The summed E-state index contributed by atoms with van der Waals surface area (Å²) in [4.78, 5) is 38.4. The molecular formula is C72H124O6. The minimum Gasteiger partial charge on any atom is -0.462 e. The van der Waals surface area contributed by atoms with Crippen molar-refractivity contribution in [2.75, 3.05) is 13.2 Å². The molecule has 78 heavy (non-hydrogen) atoms. The third-order valence-corrected chi connectivity index (χ3v) is 14.3. The van der Waals surface area contributed by atoms with Crippen molar-refractivity contribution in [3.05, 3.63) is 97.2 Å². The molecule has 0 rings (SSSR count). The Morgan fingerprint density at radius 2 is 0.500 bits per heavy atom. The quantitative estimate of drug-likeness (QED) is 0.0261. The highest BCUT2D eigenvalue weighted by Gasteiger charge is 2.19. The van der Waals surface area contributed by atoms with E-state index in [4.69, 9.17) is 14.2 Å². The van der Waals surface area contributed by atoms with E-state index >= 15 is 0 Å². The second-order valence-corrected chi connectivity index (χ2v) is 22.0. The average molecular weight is 1090 g/mol. The molecule has 0 aliphatic carbocycles. The van der Waals surface area contributed by atoms with E-state index in [1.807, 2.05) is 0 Å². The van der Waals surface area contributed by atoms with Crippen LogP contribution in [0, 0.1) is 0 Å². The summed E-state index contributed by atoms with van der Waals surface area (Å²) >= 11 is 0. The van der Waals surface area contributed by atoms with Crippen LogP contribution in [0.3, 0.4) is 0 Å². The fourth-order valence-electron chi connectivity index (χ4n) is 9.43. The fourth-order valence-corrected chi connectivity index (χ4v) is 9.43. The Hall–Kier alpha value is -3.67. The summed E-state index contributed by atoms with van der Waals surface area (Å²) in [5.74, 6) is -0.916. The molecule has 0 aromatic heterocycles. The van der Waals surface area contributed by atoms with Crippen molar-refractivity contribution in [3.63, 3.8) is 0 Å². The van der Waals surface area contributed by atoms with Crippen LogP contribution in [-0.2, 0) is 28.6 Å². The first-order valence-corrected chi connectivity index (χ1v) is 33.2. The van der Waals surface area contributed by atoms with Crippen molar-refractivity contribution in [2.45, 2.75) is 329 Å². The molecule has 1 atom stereocenters. The standard InChI is InChI=1S/C72H124O6/c1-4-7-10-13-16-19-22-25-28-30-32-33-34-35-36-37-38-39-40-42-44-47-50-53-56-59-62-65-71(74)77-68-69(67-76-70(73)64-61-58-55-52-49-46-43-27-24-21-18-15-12-9-6-3)78-72(75)66-63-60-57-54-51-48-45-41-31-29-26-23-20-17-14-11-8-5-2/h7,9-10,12,16,18-19,21,25,27-28,32-33,43,49,52,69H,4-6,8,11,13-15,17,20,22-24,26,29-31,34-42,44-48,50-51,53-68H2,1-3H3/b10-7-,12-9-,19-16-,21-18-,28-25-,33-32-,43-27-,52-49-. The average Bonchev–Trinajstić information content (AvgIpc) is 3.44. The van der Waals surface area contributed by atoms with Crippen LogP contribution in [0.4, 0.5) is 0 Å². The highest BCUT2D eigenvalue weighted by Crippen LogP contribution is 2.17. The molecule has 0 N–H and O–H groups in total. The SMILES string of the molecule is CC/C=C\C/C=C\C/C=C\C/C=C\CCCCCCCCCCCCCCCCC(=O)OCC(COC(=O)CCCC/C=C\C/C=C\C/C=C\C/C=C\CC)OC(=O)CCCCCCCCCCCCCCCCCCCC. The summed E-state index contributed by atoms with van der Waals surface area (Å²) in [6.07, 6.45) is 88.6. The second kappa shape index (κ2) is 65.8. The van der Waals surface area contributed by atoms with Gasteiger partial charge in [0.15, 0.2) is 6.10 Å². The molecule has 0 heterocycles. The van der Waals surface area contributed by atoms with Crippen molar-refractivity contribution in [1.29, 1.82) is 0 Å². The van der Waals surface area contributed by atoms with E-state index in [1.165, 1.54) is 173 Å². The topological polar surface area (TPSA) is 78.9 Å². The van der Waals surface area contributed by atoms with Gasteiger partial charge in [-0.25, -0.2) is 0 Å². The molecule has 0 aliphatic heterocycles. The third kappa shape index (κ3) is 63.2. The van der Waals surface area contributed by atoms with Crippen molar-refractivity contribution in [1.82, 2.24) is 0 Å². The lowest BCUT2D eigenvalue weighted by Gasteiger charge is -2.18. The van der Waals surface area contributed by atoms with Gasteiger partial charge in [0.2, 0.25) is 0 Å². The monoisotopic (exact) mass is 1080 g/mol. The van der Waals surface area contributed by atoms with E-state index in [1.54, 1.807) is 0 Å².